The lowest BCUT2D eigenvalue weighted by molar-refractivity contribution is 0.121. The van der Waals surface area contributed by atoms with Gasteiger partial charge in [0.2, 0.25) is 0 Å². The number of hydrogen-bond acceptors (Lipinski definition) is 4. The predicted molar refractivity (Wildman–Crippen MR) is 112 cm³/mol. The van der Waals surface area contributed by atoms with Crippen LogP contribution < -0.4 is 10.6 Å². The predicted octanol–water partition coefficient (Wildman–Crippen LogP) is 2.83. The number of methoxy groups -OCH3 is 1. The lowest BCUT2D eigenvalue weighted by Crippen LogP contribution is -2.43. The summed E-state index contributed by atoms with van der Waals surface area (Å²) in [5, 5.41) is 6.84. The van der Waals surface area contributed by atoms with Gasteiger partial charge in [0.05, 0.1) is 6.61 Å². The maximum atomic E-state index is 12.9. The van der Waals surface area contributed by atoms with Crippen molar-refractivity contribution in [3.05, 3.63) is 30.1 Å². The van der Waals surface area contributed by atoms with Gasteiger partial charge in [0.15, 0.2) is 5.96 Å². The lowest BCUT2D eigenvalue weighted by Gasteiger charge is -2.32. The molecular formula is C20H33FN4OS. The van der Waals surface area contributed by atoms with E-state index in [2.05, 4.69) is 20.5 Å². The Bertz CT molecular complexity index is 547. The number of aliphatic imine (C=N–C) groups is 1. The van der Waals surface area contributed by atoms with Crippen molar-refractivity contribution in [1.82, 2.24) is 15.5 Å². The molecule has 1 fully saturated rings. The van der Waals surface area contributed by atoms with E-state index in [-0.39, 0.29) is 5.82 Å². The molecule has 0 radical (unpaired) electrons. The average Bonchev–Trinajstić information content (AvgIpc) is 2.70. The fourth-order valence-electron chi connectivity index (χ4n) is 3.10. The molecule has 0 bridgehead atoms. The van der Waals surface area contributed by atoms with E-state index in [0.29, 0.717) is 5.92 Å². The molecule has 5 nitrogen and oxygen atoms in total. The molecule has 0 saturated carbocycles. The molecule has 0 amide bonds. The fraction of sp³-hybridized carbons (Fsp3) is 0.650. The second-order valence-electron chi connectivity index (χ2n) is 6.81. The smallest absolute Gasteiger partial charge is 0.190 e. The van der Waals surface area contributed by atoms with Crippen molar-refractivity contribution in [1.29, 1.82) is 0 Å². The first kappa shape index (κ1) is 22.0. The first-order valence-corrected chi connectivity index (χ1v) is 10.7. The van der Waals surface area contributed by atoms with Gasteiger partial charge in [0.25, 0.3) is 0 Å². The van der Waals surface area contributed by atoms with E-state index in [9.17, 15) is 4.39 Å². The fourth-order valence-corrected chi connectivity index (χ4v) is 3.95. The molecule has 1 saturated heterocycles. The van der Waals surface area contributed by atoms with Crippen LogP contribution in [0.2, 0.25) is 0 Å². The van der Waals surface area contributed by atoms with E-state index in [1.165, 1.54) is 25.0 Å². The van der Waals surface area contributed by atoms with Crippen LogP contribution in [0.1, 0.15) is 19.3 Å². The van der Waals surface area contributed by atoms with E-state index in [1.54, 1.807) is 18.9 Å². The highest BCUT2D eigenvalue weighted by Crippen LogP contribution is 2.18. The summed E-state index contributed by atoms with van der Waals surface area (Å²) in [7, 11) is 3.58. The summed E-state index contributed by atoms with van der Waals surface area (Å²) in [5.74, 6) is 2.40. The first-order chi connectivity index (χ1) is 13.2. The standard InChI is InChI=1S/C20H33FN4OS/c1-22-20(23-10-3-15-27-19-6-4-18(21)5-7-19)24-16-17-8-11-25(12-9-17)13-14-26-2/h4-7,17H,3,8-16H2,1-2H3,(H2,22,23,24). The molecule has 152 valence electrons. The molecule has 2 rings (SSSR count). The van der Waals surface area contributed by atoms with Gasteiger partial charge >= 0.3 is 0 Å². The maximum Gasteiger partial charge on any atom is 0.190 e. The summed E-state index contributed by atoms with van der Waals surface area (Å²) < 4.78 is 18.0. The highest BCUT2D eigenvalue weighted by atomic mass is 32.2. The number of thioether (sulfide) groups is 1. The summed E-state index contributed by atoms with van der Waals surface area (Å²) in [6.07, 6.45) is 3.48. The Labute approximate surface area is 167 Å². The second kappa shape index (κ2) is 13.0. The number of rotatable bonds is 10. The van der Waals surface area contributed by atoms with E-state index >= 15 is 0 Å². The average molecular weight is 397 g/mol. The van der Waals surface area contributed by atoms with Crippen LogP contribution in [0.25, 0.3) is 0 Å². The van der Waals surface area contributed by atoms with Gasteiger partial charge in [-0.3, -0.25) is 4.99 Å². The molecule has 0 aliphatic carbocycles. The molecule has 0 spiro atoms. The van der Waals surface area contributed by atoms with E-state index in [4.69, 9.17) is 4.74 Å². The van der Waals surface area contributed by atoms with E-state index < -0.39 is 0 Å². The van der Waals surface area contributed by atoms with Crippen LogP contribution in [0.15, 0.2) is 34.2 Å². The normalized spacial score (nSPS) is 16.5. The quantitative estimate of drug-likeness (QED) is 0.276. The molecule has 2 N–H and O–H groups in total. The largest absolute Gasteiger partial charge is 0.383 e. The molecule has 7 heteroatoms. The molecule has 0 unspecified atom stereocenters. The number of ether oxygens (including phenoxy) is 1. The Hall–Kier alpha value is -1.31. The van der Waals surface area contributed by atoms with Crippen molar-refractivity contribution >= 4 is 17.7 Å². The van der Waals surface area contributed by atoms with Crippen LogP contribution in [0.3, 0.4) is 0 Å². The minimum atomic E-state index is -0.184. The molecule has 1 aliphatic rings. The molecule has 0 atom stereocenters. The summed E-state index contributed by atoms with van der Waals surface area (Å²) in [6, 6.07) is 6.67. The van der Waals surface area contributed by atoms with Crippen LogP contribution in [0, 0.1) is 11.7 Å². The van der Waals surface area contributed by atoms with Gasteiger partial charge in [-0.2, -0.15) is 0 Å². The van der Waals surface area contributed by atoms with Gasteiger partial charge in [-0.1, -0.05) is 0 Å². The van der Waals surface area contributed by atoms with E-state index in [0.717, 1.165) is 62.4 Å². The lowest BCUT2D eigenvalue weighted by atomic mass is 9.97. The highest BCUT2D eigenvalue weighted by Gasteiger charge is 2.18. The molecule has 0 aromatic heterocycles. The Morgan fingerprint density at radius 1 is 1.26 bits per heavy atom. The number of nitrogens with one attached hydrogen (secondary N) is 2. The summed E-state index contributed by atoms with van der Waals surface area (Å²) in [5.41, 5.74) is 0. The second-order valence-corrected chi connectivity index (χ2v) is 7.98. The summed E-state index contributed by atoms with van der Waals surface area (Å²) in [4.78, 5) is 7.90. The van der Waals surface area contributed by atoms with Gasteiger partial charge in [0, 0.05) is 38.7 Å². The third-order valence-electron chi connectivity index (χ3n) is 4.80. The monoisotopic (exact) mass is 396 g/mol. The number of piperidine rings is 1. The zero-order valence-electron chi connectivity index (χ0n) is 16.5. The molecule has 1 aromatic carbocycles. The van der Waals surface area contributed by atoms with Gasteiger partial charge in [-0.15, -0.1) is 11.8 Å². The highest BCUT2D eigenvalue weighted by molar-refractivity contribution is 7.99. The van der Waals surface area contributed by atoms with Gasteiger partial charge in [-0.05, 0) is 68.3 Å². The Morgan fingerprint density at radius 2 is 2.00 bits per heavy atom. The molecule has 1 aliphatic heterocycles. The number of hydrogen-bond donors (Lipinski definition) is 2. The van der Waals surface area contributed by atoms with Gasteiger partial charge in [-0.25, -0.2) is 4.39 Å². The minimum absolute atomic E-state index is 0.184. The number of likely N-dealkylation sites (tertiary alicyclic amines) is 1. The number of guanidine groups is 1. The summed E-state index contributed by atoms with van der Waals surface area (Å²) in [6.45, 7) is 6.02. The van der Waals surface area contributed by atoms with Crippen molar-refractivity contribution in [3.8, 4) is 0 Å². The number of benzene rings is 1. The van der Waals surface area contributed by atoms with Crippen molar-refractivity contribution in [2.45, 2.75) is 24.2 Å². The minimum Gasteiger partial charge on any atom is -0.383 e. The van der Waals surface area contributed by atoms with Crippen molar-refractivity contribution in [3.63, 3.8) is 0 Å². The van der Waals surface area contributed by atoms with Gasteiger partial charge < -0.3 is 20.3 Å². The third-order valence-corrected chi connectivity index (χ3v) is 5.89. The van der Waals surface area contributed by atoms with Crippen LogP contribution >= 0.6 is 11.8 Å². The Morgan fingerprint density at radius 3 is 2.67 bits per heavy atom. The van der Waals surface area contributed by atoms with Crippen molar-refractivity contribution in [2.75, 3.05) is 59.2 Å². The molecular weight excluding hydrogens is 363 g/mol. The zero-order chi connectivity index (χ0) is 19.3. The van der Waals surface area contributed by atoms with Crippen LogP contribution in [0.4, 0.5) is 4.39 Å². The third kappa shape index (κ3) is 8.95. The molecule has 1 aromatic rings. The molecule has 27 heavy (non-hydrogen) atoms. The van der Waals surface area contributed by atoms with Crippen LogP contribution in [-0.4, -0.2) is 70.1 Å². The van der Waals surface area contributed by atoms with Crippen molar-refractivity contribution in [2.24, 2.45) is 10.9 Å². The zero-order valence-corrected chi connectivity index (χ0v) is 17.4. The number of nitrogens with zero attached hydrogens (tertiary/aromatic N) is 2. The Kier molecular flexibility index (Phi) is 10.6. The topological polar surface area (TPSA) is 48.9 Å². The van der Waals surface area contributed by atoms with Gasteiger partial charge in [0.1, 0.15) is 5.82 Å². The Balaban J connectivity index is 1.53. The van der Waals surface area contributed by atoms with Crippen LogP contribution in [-0.2, 0) is 4.74 Å². The maximum absolute atomic E-state index is 12.9. The van der Waals surface area contributed by atoms with Crippen LogP contribution in [0.5, 0.6) is 0 Å². The first-order valence-electron chi connectivity index (χ1n) is 9.75. The molecule has 1 heterocycles. The summed E-state index contributed by atoms with van der Waals surface area (Å²) >= 11 is 1.75. The van der Waals surface area contributed by atoms with Crippen molar-refractivity contribution < 1.29 is 9.13 Å². The SMILES string of the molecule is CN=C(NCCCSc1ccc(F)cc1)NCC1CCN(CCOC)CC1. The number of halogens is 1. The van der Waals surface area contributed by atoms with E-state index in [1.807, 2.05) is 19.2 Å².